The van der Waals surface area contributed by atoms with Crippen molar-refractivity contribution in [3.63, 3.8) is 0 Å². The van der Waals surface area contributed by atoms with Gasteiger partial charge >= 0.3 is 11.1 Å². The van der Waals surface area contributed by atoms with Gasteiger partial charge in [0, 0.05) is 24.2 Å². The van der Waals surface area contributed by atoms with Crippen LogP contribution in [0.5, 0.6) is 0 Å². The number of aromatic amines is 2. The maximum absolute atomic E-state index is 12.4. The lowest BCUT2D eigenvalue weighted by atomic mass is 10.1. The molecule has 1 amide bonds. The lowest BCUT2D eigenvalue weighted by Gasteiger charge is -2.15. The highest BCUT2D eigenvalue weighted by atomic mass is 32.1. The normalized spacial score (nSPS) is 10.8. The summed E-state index contributed by atoms with van der Waals surface area (Å²) >= 11 is 1.48. The standard InChI is InChI=1S/C14H12N4O3S/c1-18(7-11-15-4-5-22-11)14(21)8-2-3-9-10(6-8)17-13(20)12(19)16-9/h2-6H,7H2,1H3,(H,16,19)(H,17,20). The van der Waals surface area contributed by atoms with E-state index in [4.69, 9.17) is 0 Å². The molecule has 112 valence electrons. The summed E-state index contributed by atoms with van der Waals surface area (Å²) in [6.07, 6.45) is 1.69. The van der Waals surface area contributed by atoms with E-state index in [9.17, 15) is 14.4 Å². The van der Waals surface area contributed by atoms with Crippen molar-refractivity contribution in [1.82, 2.24) is 19.9 Å². The van der Waals surface area contributed by atoms with Crippen LogP contribution in [-0.4, -0.2) is 32.8 Å². The van der Waals surface area contributed by atoms with E-state index in [-0.39, 0.29) is 5.91 Å². The van der Waals surface area contributed by atoms with Crippen LogP contribution in [0, 0.1) is 0 Å². The van der Waals surface area contributed by atoms with Crippen molar-refractivity contribution >= 4 is 28.3 Å². The average Bonchev–Trinajstić information content (AvgIpc) is 3.00. The Labute approximate surface area is 128 Å². The van der Waals surface area contributed by atoms with Crippen LogP contribution in [0.4, 0.5) is 0 Å². The van der Waals surface area contributed by atoms with Gasteiger partial charge in [0.25, 0.3) is 5.91 Å². The largest absolute Gasteiger partial charge is 0.335 e. The summed E-state index contributed by atoms with van der Waals surface area (Å²) in [5.74, 6) is -0.191. The molecule has 0 atom stereocenters. The molecule has 0 saturated carbocycles. The molecule has 2 heterocycles. The van der Waals surface area contributed by atoms with Crippen molar-refractivity contribution in [1.29, 1.82) is 0 Å². The maximum atomic E-state index is 12.4. The van der Waals surface area contributed by atoms with E-state index < -0.39 is 11.1 Å². The van der Waals surface area contributed by atoms with Gasteiger partial charge in [0.15, 0.2) is 0 Å². The Morgan fingerprint density at radius 3 is 2.64 bits per heavy atom. The molecule has 3 aromatic rings. The molecule has 2 aromatic heterocycles. The van der Waals surface area contributed by atoms with Crippen LogP contribution in [-0.2, 0) is 6.54 Å². The summed E-state index contributed by atoms with van der Waals surface area (Å²) < 4.78 is 0. The molecule has 0 radical (unpaired) electrons. The fourth-order valence-electron chi connectivity index (χ4n) is 2.07. The van der Waals surface area contributed by atoms with Gasteiger partial charge < -0.3 is 14.9 Å². The molecule has 0 bridgehead atoms. The molecule has 1 aromatic carbocycles. The first-order valence-corrected chi connectivity index (χ1v) is 7.33. The van der Waals surface area contributed by atoms with Crippen LogP contribution in [0.15, 0.2) is 39.4 Å². The number of fused-ring (bicyclic) bond motifs is 1. The lowest BCUT2D eigenvalue weighted by Crippen LogP contribution is -2.29. The van der Waals surface area contributed by atoms with Crippen molar-refractivity contribution in [3.05, 3.63) is 61.1 Å². The number of benzene rings is 1. The van der Waals surface area contributed by atoms with Crippen molar-refractivity contribution < 1.29 is 4.79 Å². The quantitative estimate of drug-likeness (QED) is 0.703. The molecule has 7 nitrogen and oxygen atoms in total. The molecular weight excluding hydrogens is 304 g/mol. The molecule has 0 saturated heterocycles. The van der Waals surface area contributed by atoms with Gasteiger partial charge in [0.1, 0.15) is 5.01 Å². The van der Waals surface area contributed by atoms with Gasteiger partial charge in [0.2, 0.25) is 0 Å². The first kappa shape index (κ1) is 14.2. The van der Waals surface area contributed by atoms with E-state index >= 15 is 0 Å². The fourth-order valence-corrected chi connectivity index (χ4v) is 2.74. The van der Waals surface area contributed by atoms with Crippen molar-refractivity contribution in [2.75, 3.05) is 7.05 Å². The zero-order valence-corrected chi connectivity index (χ0v) is 12.4. The minimum Gasteiger partial charge on any atom is -0.335 e. The molecule has 0 aliphatic carbocycles. The van der Waals surface area contributed by atoms with Gasteiger partial charge in [0.05, 0.1) is 17.6 Å². The fraction of sp³-hybridized carbons (Fsp3) is 0.143. The summed E-state index contributed by atoms with van der Waals surface area (Å²) in [7, 11) is 1.68. The summed E-state index contributed by atoms with van der Waals surface area (Å²) in [6.45, 7) is 0.413. The van der Waals surface area contributed by atoms with Gasteiger partial charge in [-0.05, 0) is 18.2 Å². The molecule has 22 heavy (non-hydrogen) atoms. The second-order valence-electron chi connectivity index (χ2n) is 4.76. The topological polar surface area (TPSA) is 98.9 Å². The highest BCUT2D eigenvalue weighted by Gasteiger charge is 2.14. The van der Waals surface area contributed by atoms with Gasteiger partial charge in [-0.25, -0.2) is 4.98 Å². The molecule has 0 unspecified atom stereocenters. The first-order chi connectivity index (χ1) is 10.5. The van der Waals surface area contributed by atoms with Crippen LogP contribution < -0.4 is 11.1 Å². The van der Waals surface area contributed by atoms with E-state index in [0.717, 1.165) is 5.01 Å². The summed E-state index contributed by atoms with van der Waals surface area (Å²) in [5, 5.41) is 2.69. The molecule has 3 rings (SSSR count). The number of amides is 1. The average molecular weight is 316 g/mol. The van der Waals surface area contributed by atoms with Crippen LogP contribution in [0.3, 0.4) is 0 Å². The minimum atomic E-state index is -0.742. The highest BCUT2D eigenvalue weighted by molar-refractivity contribution is 7.09. The second kappa shape index (κ2) is 5.57. The number of carbonyl (C=O) groups excluding carboxylic acids is 1. The third kappa shape index (κ3) is 2.68. The van der Waals surface area contributed by atoms with Crippen molar-refractivity contribution in [3.8, 4) is 0 Å². The zero-order chi connectivity index (χ0) is 15.7. The summed E-state index contributed by atoms with van der Waals surface area (Å²) in [4.78, 5) is 45.6. The molecule has 2 N–H and O–H groups in total. The predicted molar refractivity (Wildman–Crippen MR) is 83.1 cm³/mol. The Morgan fingerprint density at radius 1 is 1.23 bits per heavy atom. The van der Waals surface area contributed by atoms with Crippen LogP contribution in [0.1, 0.15) is 15.4 Å². The Bertz CT molecular complexity index is 943. The van der Waals surface area contributed by atoms with Crippen LogP contribution in [0.25, 0.3) is 11.0 Å². The van der Waals surface area contributed by atoms with Gasteiger partial charge in [-0.15, -0.1) is 11.3 Å². The van der Waals surface area contributed by atoms with Crippen molar-refractivity contribution in [2.45, 2.75) is 6.54 Å². The van der Waals surface area contributed by atoms with Gasteiger partial charge in [-0.3, -0.25) is 14.4 Å². The Kier molecular flexibility index (Phi) is 3.60. The first-order valence-electron chi connectivity index (χ1n) is 6.45. The Hall–Kier alpha value is -2.74. The number of H-pyrrole nitrogens is 2. The maximum Gasteiger partial charge on any atom is 0.314 e. The van der Waals surface area contributed by atoms with E-state index in [0.29, 0.717) is 23.1 Å². The minimum absolute atomic E-state index is 0.191. The summed E-state index contributed by atoms with van der Waals surface area (Å²) in [6, 6.07) is 4.75. The number of hydrogen-bond donors (Lipinski definition) is 2. The summed E-state index contributed by atoms with van der Waals surface area (Å²) in [5.41, 5.74) is -0.142. The third-order valence-corrected chi connectivity index (χ3v) is 3.94. The second-order valence-corrected chi connectivity index (χ2v) is 5.73. The number of hydrogen-bond acceptors (Lipinski definition) is 5. The lowest BCUT2D eigenvalue weighted by molar-refractivity contribution is 0.0785. The van der Waals surface area contributed by atoms with E-state index in [1.165, 1.54) is 11.3 Å². The Balaban J connectivity index is 1.92. The smallest absolute Gasteiger partial charge is 0.314 e. The number of nitrogens with one attached hydrogen (secondary N) is 2. The zero-order valence-electron chi connectivity index (χ0n) is 11.6. The molecule has 0 aliphatic heterocycles. The molecule has 0 spiro atoms. The third-order valence-electron chi connectivity index (χ3n) is 3.17. The van der Waals surface area contributed by atoms with Crippen molar-refractivity contribution in [2.24, 2.45) is 0 Å². The predicted octanol–water partition coefficient (Wildman–Crippen LogP) is 0.945. The van der Waals surface area contributed by atoms with E-state index in [1.54, 1.807) is 36.3 Å². The van der Waals surface area contributed by atoms with Gasteiger partial charge in [-0.1, -0.05) is 0 Å². The highest BCUT2D eigenvalue weighted by Crippen LogP contribution is 2.13. The monoisotopic (exact) mass is 316 g/mol. The Morgan fingerprint density at radius 2 is 1.95 bits per heavy atom. The molecule has 0 fully saturated rings. The number of carbonyl (C=O) groups is 1. The number of thiazole rings is 1. The molecular formula is C14H12N4O3S. The van der Waals surface area contributed by atoms with Crippen LogP contribution in [0.2, 0.25) is 0 Å². The number of aromatic nitrogens is 3. The number of nitrogens with zero attached hydrogens (tertiary/aromatic N) is 2. The number of rotatable bonds is 3. The van der Waals surface area contributed by atoms with E-state index in [1.807, 2.05) is 5.38 Å². The van der Waals surface area contributed by atoms with Gasteiger partial charge in [-0.2, -0.15) is 0 Å². The molecule has 0 aliphatic rings. The van der Waals surface area contributed by atoms with Crippen LogP contribution >= 0.6 is 11.3 Å². The van der Waals surface area contributed by atoms with E-state index in [2.05, 4.69) is 15.0 Å². The SMILES string of the molecule is CN(Cc1nccs1)C(=O)c1ccc2[nH]c(=O)c(=O)[nH]c2c1. The molecule has 8 heteroatoms.